The Morgan fingerprint density at radius 2 is 2.35 bits per heavy atom. The maximum Gasteiger partial charge on any atom is 0.271 e. The summed E-state index contributed by atoms with van der Waals surface area (Å²) in [5, 5.41) is 10.8. The van der Waals surface area contributed by atoms with Gasteiger partial charge in [0.2, 0.25) is 5.95 Å². The molecule has 0 aliphatic carbocycles. The van der Waals surface area contributed by atoms with Crippen molar-refractivity contribution in [1.82, 2.24) is 9.97 Å². The van der Waals surface area contributed by atoms with Gasteiger partial charge in [-0.3, -0.25) is 10.1 Å². The number of fused-ring (bicyclic) bond motifs is 1. The number of hydrogen-bond acceptors (Lipinski definition) is 4. The minimum Gasteiger partial charge on any atom is -0.341 e. The van der Waals surface area contributed by atoms with Gasteiger partial charge < -0.3 is 9.88 Å². The van der Waals surface area contributed by atoms with Crippen molar-refractivity contribution in [2.75, 3.05) is 18.0 Å². The monoisotopic (exact) mass is 338 g/mol. The third-order valence-corrected chi connectivity index (χ3v) is 5.02. The zero-order valence-electron chi connectivity index (χ0n) is 11.0. The van der Waals surface area contributed by atoms with Crippen molar-refractivity contribution < 1.29 is 4.92 Å². The second kappa shape index (κ2) is 5.05. The summed E-state index contributed by atoms with van der Waals surface area (Å²) in [5.41, 5.74) is 1.55. The van der Waals surface area contributed by atoms with Gasteiger partial charge in [-0.05, 0) is 18.4 Å². The normalized spacial score (nSPS) is 23.2. The lowest BCUT2D eigenvalue weighted by molar-refractivity contribution is -0.384. The van der Waals surface area contributed by atoms with Crippen molar-refractivity contribution in [2.45, 2.75) is 18.2 Å². The van der Waals surface area contributed by atoms with Crippen molar-refractivity contribution in [3.8, 4) is 0 Å². The number of H-pyrrole nitrogens is 1. The molecule has 1 fully saturated rings. The zero-order valence-corrected chi connectivity index (χ0v) is 12.6. The molecular weight excluding hydrogens is 324 g/mol. The molecule has 0 bridgehead atoms. The fourth-order valence-corrected chi connectivity index (χ4v) is 3.08. The van der Waals surface area contributed by atoms with Crippen LogP contribution in [0.5, 0.6) is 0 Å². The van der Waals surface area contributed by atoms with Crippen molar-refractivity contribution in [3.05, 3.63) is 28.3 Å². The number of aromatic amines is 1. The Kier molecular flexibility index (Phi) is 3.37. The number of imidazole rings is 1. The summed E-state index contributed by atoms with van der Waals surface area (Å²) in [5.74, 6) is 1.44. The quantitative estimate of drug-likeness (QED) is 0.518. The number of non-ortho nitro benzene ring substituents is 1. The number of nitrogens with zero attached hydrogens (tertiary/aromatic N) is 3. The number of rotatable bonds is 2. The first-order valence-electron chi connectivity index (χ1n) is 6.58. The highest BCUT2D eigenvalue weighted by Gasteiger charge is 2.25. The number of nitrogens with one attached hydrogen (secondary N) is 1. The number of nitro benzene ring substituents is 1. The summed E-state index contributed by atoms with van der Waals surface area (Å²) in [6.07, 6.45) is 1.10. The molecule has 0 saturated carbocycles. The van der Waals surface area contributed by atoms with Crippen molar-refractivity contribution in [2.24, 2.45) is 5.92 Å². The van der Waals surface area contributed by atoms with E-state index in [1.165, 1.54) is 12.1 Å². The van der Waals surface area contributed by atoms with Gasteiger partial charge in [-0.25, -0.2) is 4.98 Å². The minimum atomic E-state index is -0.392. The number of aromatic nitrogens is 2. The minimum absolute atomic E-state index is 0.0818. The molecule has 0 radical (unpaired) electrons. The summed E-state index contributed by atoms with van der Waals surface area (Å²) < 4.78 is 0. The highest BCUT2D eigenvalue weighted by atomic mass is 79.9. The van der Waals surface area contributed by atoms with Crippen LogP contribution in [0, 0.1) is 16.0 Å². The molecule has 20 heavy (non-hydrogen) atoms. The molecule has 2 heterocycles. The largest absolute Gasteiger partial charge is 0.341 e. The van der Waals surface area contributed by atoms with E-state index in [-0.39, 0.29) is 5.69 Å². The molecule has 1 aromatic carbocycles. The molecule has 2 atom stereocenters. The smallest absolute Gasteiger partial charge is 0.271 e. The lowest BCUT2D eigenvalue weighted by Crippen LogP contribution is -2.40. The van der Waals surface area contributed by atoms with E-state index in [1.54, 1.807) is 6.07 Å². The second-order valence-corrected chi connectivity index (χ2v) is 6.42. The molecule has 106 valence electrons. The van der Waals surface area contributed by atoms with Crippen LogP contribution >= 0.6 is 15.9 Å². The molecule has 1 N–H and O–H groups in total. The van der Waals surface area contributed by atoms with Gasteiger partial charge in [0.1, 0.15) is 0 Å². The molecule has 1 aliphatic heterocycles. The molecule has 6 nitrogen and oxygen atoms in total. The number of piperidine rings is 1. The van der Waals surface area contributed by atoms with Crippen LogP contribution in [-0.2, 0) is 0 Å². The molecule has 0 amide bonds. The van der Waals surface area contributed by atoms with E-state index in [4.69, 9.17) is 0 Å². The Morgan fingerprint density at radius 1 is 1.55 bits per heavy atom. The molecule has 1 aliphatic rings. The van der Waals surface area contributed by atoms with Crippen molar-refractivity contribution in [3.63, 3.8) is 0 Å². The van der Waals surface area contributed by atoms with E-state index in [2.05, 4.69) is 37.7 Å². The van der Waals surface area contributed by atoms with Crippen LogP contribution < -0.4 is 4.90 Å². The Balaban J connectivity index is 1.91. The van der Waals surface area contributed by atoms with Crippen LogP contribution in [0.4, 0.5) is 11.6 Å². The molecule has 1 aromatic heterocycles. The average Bonchev–Trinajstić information content (AvgIpc) is 2.84. The van der Waals surface area contributed by atoms with Crippen LogP contribution in [0.3, 0.4) is 0 Å². The van der Waals surface area contributed by atoms with Gasteiger partial charge in [0, 0.05) is 30.0 Å². The van der Waals surface area contributed by atoms with E-state index < -0.39 is 4.92 Å². The van der Waals surface area contributed by atoms with Gasteiger partial charge in [-0.2, -0.15) is 0 Å². The molecule has 2 aromatic rings. The van der Waals surface area contributed by atoms with Crippen LogP contribution in [0.2, 0.25) is 0 Å². The third kappa shape index (κ3) is 2.37. The first-order chi connectivity index (χ1) is 9.54. The fourth-order valence-electron chi connectivity index (χ4n) is 2.46. The molecule has 1 saturated heterocycles. The van der Waals surface area contributed by atoms with Gasteiger partial charge in [0.15, 0.2) is 0 Å². The van der Waals surface area contributed by atoms with E-state index in [0.29, 0.717) is 16.3 Å². The maximum absolute atomic E-state index is 10.8. The van der Waals surface area contributed by atoms with Gasteiger partial charge in [-0.15, -0.1) is 0 Å². The first-order valence-corrected chi connectivity index (χ1v) is 7.49. The average molecular weight is 339 g/mol. The number of alkyl halides is 1. The summed E-state index contributed by atoms with van der Waals surface area (Å²) >= 11 is 3.69. The number of benzene rings is 1. The van der Waals surface area contributed by atoms with E-state index in [1.807, 2.05) is 0 Å². The predicted octanol–water partition coefficient (Wildman–Crippen LogP) is 3.08. The molecule has 7 heteroatoms. The standard InChI is InChI=1S/C13H15BrN4O2/c1-8-4-5-17(7-10(8)14)13-15-11-3-2-9(18(19)20)6-12(11)16-13/h2-3,6,8,10H,4-5,7H2,1H3,(H,15,16). The Morgan fingerprint density at radius 3 is 3.05 bits per heavy atom. The highest BCUT2D eigenvalue weighted by Crippen LogP contribution is 2.28. The van der Waals surface area contributed by atoms with E-state index >= 15 is 0 Å². The molecule has 3 rings (SSSR count). The number of nitro groups is 1. The topological polar surface area (TPSA) is 75.1 Å². The van der Waals surface area contributed by atoms with Gasteiger partial charge >= 0.3 is 0 Å². The van der Waals surface area contributed by atoms with Crippen LogP contribution in [-0.4, -0.2) is 32.8 Å². The van der Waals surface area contributed by atoms with E-state index in [0.717, 1.165) is 31.0 Å². The Bertz CT molecular complexity index is 657. The van der Waals surface area contributed by atoms with Crippen LogP contribution in [0.1, 0.15) is 13.3 Å². The van der Waals surface area contributed by atoms with Crippen LogP contribution in [0.15, 0.2) is 18.2 Å². The lowest BCUT2D eigenvalue weighted by atomic mass is 9.99. The highest BCUT2D eigenvalue weighted by molar-refractivity contribution is 9.09. The van der Waals surface area contributed by atoms with Crippen LogP contribution in [0.25, 0.3) is 11.0 Å². The van der Waals surface area contributed by atoms with E-state index in [9.17, 15) is 10.1 Å². The molecule has 0 spiro atoms. The number of anilines is 1. The van der Waals surface area contributed by atoms with Crippen molar-refractivity contribution >= 4 is 38.6 Å². The summed E-state index contributed by atoms with van der Waals surface area (Å²) in [7, 11) is 0. The Labute approximate surface area is 124 Å². The third-order valence-electron chi connectivity index (χ3n) is 3.83. The summed E-state index contributed by atoms with van der Waals surface area (Å²) in [4.78, 5) is 20.7. The number of hydrogen-bond donors (Lipinski definition) is 1. The second-order valence-electron chi connectivity index (χ2n) is 5.25. The zero-order chi connectivity index (χ0) is 14.3. The summed E-state index contributed by atoms with van der Waals surface area (Å²) in [6, 6.07) is 4.70. The first kappa shape index (κ1) is 13.4. The van der Waals surface area contributed by atoms with Crippen molar-refractivity contribution in [1.29, 1.82) is 0 Å². The molecular formula is C13H15BrN4O2. The SMILES string of the molecule is CC1CCN(c2nc3ccc([N+](=O)[O-])cc3[nH]2)CC1Br. The number of halogens is 1. The van der Waals surface area contributed by atoms with Gasteiger partial charge in [-0.1, -0.05) is 22.9 Å². The predicted molar refractivity (Wildman–Crippen MR) is 81.5 cm³/mol. The van der Waals surface area contributed by atoms with Gasteiger partial charge in [0.05, 0.1) is 16.0 Å². The Hall–Kier alpha value is -1.63. The fraction of sp³-hybridized carbons (Fsp3) is 0.462. The maximum atomic E-state index is 10.8. The lowest BCUT2D eigenvalue weighted by Gasteiger charge is -2.33. The van der Waals surface area contributed by atoms with Gasteiger partial charge in [0.25, 0.3) is 5.69 Å². The molecule has 2 unspecified atom stereocenters. The summed E-state index contributed by atoms with van der Waals surface area (Å²) in [6.45, 7) is 4.08.